The molecule has 0 bridgehead atoms. The lowest BCUT2D eigenvalue weighted by Gasteiger charge is -2.14. The number of fused-ring (bicyclic) bond motifs is 1. The fraction of sp³-hybridized carbons (Fsp3) is 0.435. The topological polar surface area (TPSA) is 133 Å². The largest absolute Gasteiger partial charge is 0.481 e. The number of rotatable bonds is 13. The van der Waals surface area contributed by atoms with Crippen LogP contribution in [-0.2, 0) is 16.1 Å². The number of carbonyl (C=O) groups is 1. The third kappa shape index (κ3) is 6.49. The van der Waals surface area contributed by atoms with E-state index in [0.717, 1.165) is 17.5 Å². The molecule has 3 heterocycles. The van der Waals surface area contributed by atoms with Gasteiger partial charge in [-0.1, -0.05) is 6.92 Å². The summed E-state index contributed by atoms with van der Waals surface area (Å²) in [7, 11) is 3.24. The van der Waals surface area contributed by atoms with E-state index in [4.69, 9.17) is 9.47 Å². The lowest BCUT2D eigenvalue weighted by atomic mass is 10.1. The molecule has 3 rings (SSSR count). The summed E-state index contributed by atoms with van der Waals surface area (Å²) >= 11 is 0. The van der Waals surface area contributed by atoms with Crippen molar-refractivity contribution in [3.8, 4) is 17.0 Å². The molecule has 11 heteroatoms. The van der Waals surface area contributed by atoms with E-state index in [-0.39, 0.29) is 23.8 Å². The zero-order valence-corrected chi connectivity index (χ0v) is 19.7. The Hall–Kier alpha value is -3.57. The van der Waals surface area contributed by atoms with E-state index in [1.807, 2.05) is 19.1 Å². The molecule has 3 aromatic rings. The summed E-state index contributed by atoms with van der Waals surface area (Å²) in [5.74, 6) is 0.316. The van der Waals surface area contributed by atoms with Crippen LogP contribution in [0, 0.1) is 0 Å². The highest BCUT2D eigenvalue weighted by Crippen LogP contribution is 2.23. The number of carbonyl (C=O) groups excluding carboxylic acids is 1. The third-order valence-electron chi connectivity index (χ3n) is 4.96. The summed E-state index contributed by atoms with van der Waals surface area (Å²) in [6.45, 7) is 4.19. The molecule has 0 aliphatic rings. The van der Waals surface area contributed by atoms with Gasteiger partial charge in [0.1, 0.15) is 7.11 Å². The van der Waals surface area contributed by atoms with Gasteiger partial charge in [0.25, 0.3) is 5.56 Å². The minimum absolute atomic E-state index is 0.0599. The third-order valence-corrected chi connectivity index (χ3v) is 4.96. The quantitative estimate of drug-likeness (QED) is 0.278. The Balaban J connectivity index is 1.92. The summed E-state index contributed by atoms with van der Waals surface area (Å²) in [4.78, 5) is 38.4. The van der Waals surface area contributed by atoms with Gasteiger partial charge >= 0.3 is 0 Å². The van der Waals surface area contributed by atoms with E-state index in [1.54, 1.807) is 37.2 Å². The molecule has 1 amide bonds. The van der Waals surface area contributed by atoms with Crippen molar-refractivity contribution in [3.63, 3.8) is 0 Å². The van der Waals surface area contributed by atoms with Crippen LogP contribution in [-0.4, -0.2) is 77.3 Å². The second-order valence-corrected chi connectivity index (χ2v) is 7.43. The molecule has 34 heavy (non-hydrogen) atoms. The number of aliphatic hydroxyl groups is 2. The van der Waals surface area contributed by atoms with Crippen LogP contribution < -0.4 is 20.9 Å². The van der Waals surface area contributed by atoms with Crippen LogP contribution in [0.1, 0.15) is 13.3 Å². The van der Waals surface area contributed by atoms with E-state index in [1.165, 1.54) is 0 Å². The number of pyridine rings is 2. The number of amides is 1. The second-order valence-electron chi connectivity index (χ2n) is 7.43. The molecule has 0 saturated carbocycles. The van der Waals surface area contributed by atoms with Crippen molar-refractivity contribution in [3.05, 3.63) is 40.9 Å². The van der Waals surface area contributed by atoms with Gasteiger partial charge in [-0.15, -0.1) is 0 Å². The van der Waals surface area contributed by atoms with E-state index in [0.29, 0.717) is 50.0 Å². The summed E-state index contributed by atoms with van der Waals surface area (Å²) in [5.41, 5.74) is 2.21. The van der Waals surface area contributed by atoms with Crippen molar-refractivity contribution in [2.75, 3.05) is 52.4 Å². The first kappa shape index (κ1) is 25.1. The highest BCUT2D eigenvalue weighted by molar-refractivity contribution is 5.82. The van der Waals surface area contributed by atoms with Gasteiger partial charge in [-0.25, -0.2) is 15.0 Å². The molecule has 0 aromatic carbocycles. The van der Waals surface area contributed by atoms with Crippen molar-refractivity contribution in [2.45, 2.75) is 19.9 Å². The van der Waals surface area contributed by atoms with Crippen molar-refractivity contribution in [2.24, 2.45) is 0 Å². The Morgan fingerprint density at radius 2 is 2.00 bits per heavy atom. The fourth-order valence-electron chi connectivity index (χ4n) is 3.22. The maximum absolute atomic E-state index is 13.2. The Bertz CT molecular complexity index is 1150. The monoisotopic (exact) mass is 471 g/mol. The predicted octanol–water partition coefficient (Wildman–Crippen LogP) is 0.975. The predicted molar refractivity (Wildman–Crippen MR) is 129 cm³/mol. The first-order valence-electron chi connectivity index (χ1n) is 11.1. The maximum atomic E-state index is 13.2. The van der Waals surface area contributed by atoms with E-state index >= 15 is 0 Å². The zero-order valence-electron chi connectivity index (χ0n) is 19.7. The van der Waals surface area contributed by atoms with E-state index in [9.17, 15) is 9.59 Å². The van der Waals surface area contributed by atoms with Crippen molar-refractivity contribution >= 4 is 22.9 Å². The molecule has 0 unspecified atom stereocenters. The van der Waals surface area contributed by atoms with Crippen molar-refractivity contribution in [1.29, 1.82) is 0 Å². The van der Waals surface area contributed by atoms with Crippen LogP contribution >= 0.6 is 0 Å². The standard InChI is InChI=1S/C23H30N6O5/c1-4-9-34-11-8-29-18-12-17(16-5-6-20(33-3)25-13-16)14-26-21(18)28-22(23(29)31)27-15-19(30)24-7-10-32-2/h5-6,12-14H,4,7-11,15H2,1-3H3,(H,24,30)(H,26,27,28)/p+1. The summed E-state index contributed by atoms with van der Waals surface area (Å²) in [6.07, 6.45) is 4.24. The van der Waals surface area contributed by atoms with Crippen LogP contribution in [0.4, 0.5) is 5.82 Å². The van der Waals surface area contributed by atoms with Gasteiger partial charge in [0, 0.05) is 42.7 Å². The Labute approximate surface area is 197 Å². The van der Waals surface area contributed by atoms with E-state index in [2.05, 4.69) is 30.3 Å². The number of ether oxygens (including phenoxy) is 3. The highest BCUT2D eigenvalue weighted by Gasteiger charge is 2.14. The molecule has 3 aromatic heterocycles. The van der Waals surface area contributed by atoms with Gasteiger partial charge in [-0.3, -0.25) is 14.2 Å². The van der Waals surface area contributed by atoms with Crippen LogP contribution in [0.15, 0.2) is 35.4 Å². The first-order valence-corrected chi connectivity index (χ1v) is 11.1. The minimum Gasteiger partial charge on any atom is -0.481 e. The molecular weight excluding hydrogens is 440 g/mol. The molecule has 11 nitrogen and oxygen atoms in total. The number of nitrogens with zero attached hydrogens (tertiary/aromatic N) is 4. The number of anilines is 1. The molecule has 0 spiro atoms. The lowest BCUT2D eigenvalue weighted by molar-refractivity contribution is -0.120. The Kier molecular flexibility index (Phi) is 9.30. The van der Waals surface area contributed by atoms with Gasteiger partial charge in [0.05, 0.1) is 32.3 Å². The highest BCUT2D eigenvalue weighted by atomic mass is 16.5. The molecule has 0 aliphatic carbocycles. The number of aromatic nitrogens is 4. The summed E-state index contributed by atoms with van der Waals surface area (Å²) < 4.78 is 16.2. The molecule has 3 N–H and O–H groups in total. The van der Waals surface area contributed by atoms with Gasteiger partial charge in [0.2, 0.25) is 11.8 Å². The molecule has 0 atom stereocenters. The number of hydrogen-bond acceptors (Lipinski definition) is 8. The van der Waals surface area contributed by atoms with Crippen LogP contribution in [0.3, 0.4) is 0 Å². The number of methoxy groups -OCH3 is 1. The summed E-state index contributed by atoms with van der Waals surface area (Å²) in [6, 6.07) is 5.48. The molecular formula is C23H31N6O5+. The average molecular weight is 472 g/mol. The van der Waals surface area contributed by atoms with Gasteiger partial charge in [-0.2, -0.15) is 0 Å². The maximum Gasteiger partial charge on any atom is 0.293 e. The number of hydrogen-bond donors (Lipinski definition) is 2. The lowest BCUT2D eigenvalue weighted by Crippen LogP contribution is -2.35. The smallest absolute Gasteiger partial charge is 0.293 e. The van der Waals surface area contributed by atoms with Crippen LogP contribution in [0.5, 0.6) is 5.88 Å². The Morgan fingerprint density at radius 1 is 1.18 bits per heavy atom. The minimum atomic E-state index is -0.351. The van der Waals surface area contributed by atoms with Gasteiger partial charge in [-0.05, 0) is 18.6 Å². The Morgan fingerprint density at radius 3 is 2.71 bits per heavy atom. The zero-order chi connectivity index (χ0) is 24.3. The van der Waals surface area contributed by atoms with Crippen LogP contribution in [0.25, 0.3) is 22.3 Å². The average Bonchev–Trinajstić information content (AvgIpc) is 2.86. The van der Waals surface area contributed by atoms with Crippen LogP contribution in [0.2, 0.25) is 0 Å². The first-order chi connectivity index (χ1) is 16.6. The second kappa shape index (κ2) is 12.6. The molecule has 0 fully saturated rings. The molecule has 0 saturated heterocycles. The normalized spacial score (nSPS) is 10.9. The number of nitrogens with one attached hydrogen (secondary N) is 2. The van der Waals surface area contributed by atoms with Gasteiger partial charge in [0.15, 0.2) is 18.1 Å². The molecule has 0 radical (unpaired) electrons. The SMILES string of the molecule is CCCOCCn1c(=O)c(NCC(=O)NCC[OH+]C)nc2ncc(-c3ccc(OC)nc3)cc21. The fourth-order valence-corrected chi connectivity index (χ4v) is 3.22. The van der Waals surface area contributed by atoms with Crippen molar-refractivity contribution in [1.82, 2.24) is 24.8 Å². The molecule has 0 aliphatic heterocycles. The van der Waals surface area contributed by atoms with Crippen molar-refractivity contribution < 1.29 is 19.0 Å². The van der Waals surface area contributed by atoms with E-state index < -0.39 is 0 Å². The van der Waals surface area contributed by atoms with Gasteiger partial charge < -0.3 is 24.8 Å². The molecule has 182 valence electrons. The summed E-state index contributed by atoms with van der Waals surface area (Å²) in [5, 5.41) is 5.57.